The Kier molecular flexibility index (Phi) is 4.11. The van der Waals surface area contributed by atoms with Crippen LogP contribution in [-0.2, 0) is 6.54 Å². The highest BCUT2D eigenvalue weighted by Gasteiger charge is 2.12. The molecule has 0 bridgehead atoms. The Morgan fingerprint density at radius 2 is 2.25 bits per heavy atom. The molecule has 20 heavy (non-hydrogen) atoms. The van der Waals surface area contributed by atoms with Crippen molar-refractivity contribution in [2.75, 3.05) is 5.43 Å². The van der Waals surface area contributed by atoms with E-state index in [2.05, 4.69) is 26.3 Å². The molecule has 2 aromatic rings. The fourth-order valence-corrected chi connectivity index (χ4v) is 2.11. The number of anilines is 1. The number of nitrogens with two attached hydrogens (primary N) is 1. The molecule has 0 aromatic carbocycles. The average molecular weight is 340 g/mol. The van der Waals surface area contributed by atoms with E-state index in [1.165, 1.54) is 23.0 Å². The molecular weight excluding hydrogens is 330 g/mol. The Labute approximate surface area is 121 Å². The summed E-state index contributed by atoms with van der Waals surface area (Å²) in [5.74, 6) is 5.70. The molecule has 0 fully saturated rings. The first-order valence-corrected chi connectivity index (χ1v) is 6.26. The monoisotopic (exact) mass is 339 g/mol. The fraction of sp³-hybridized carbons (Fsp3) is 0.0909. The number of aromatic nitrogens is 2. The van der Waals surface area contributed by atoms with Crippen molar-refractivity contribution in [2.45, 2.75) is 6.54 Å². The van der Waals surface area contributed by atoms with Crippen molar-refractivity contribution < 1.29 is 4.92 Å². The molecule has 0 spiro atoms. The molecule has 2 rings (SSSR count). The summed E-state index contributed by atoms with van der Waals surface area (Å²) in [6.45, 7) is 0.177. The van der Waals surface area contributed by atoms with Gasteiger partial charge in [0.2, 0.25) is 0 Å². The van der Waals surface area contributed by atoms with Crippen molar-refractivity contribution in [3.63, 3.8) is 0 Å². The van der Waals surface area contributed by atoms with Gasteiger partial charge in [0.25, 0.3) is 11.2 Å². The number of nitrogens with zero attached hydrogens (tertiary/aromatic N) is 3. The van der Waals surface area contributed by atoms with Crippen LogP contribution in [0.5, 0.6) is 0 Å². The first-order valence-electron chi connectivity index (χ1n) is 5.47. The van der Waals surface area contributed by atoms with E-state index >= 15 is 0 Å². The van der Waals surface area contributed by atoms with E-state index in [9.17, 15) is 14.9 Å². The van der Waals surface area contributed by atoms with Gasteiger partial charge in [-0.05, 0) is 33.6 Å². The number of nitro groups is 1. The van der Waals surface area contributed by atoms with Crippen LogP contribution in [0, 0.1) is 10.1 Å². The zero-order valence-corrected chi connectivity index (χ0v) is 11.7. The second-order valence-electron chi connectivity index (χ2n) is 3.93. The van der Waals surface area contributed by atoms with Crippen molar-refractivity contribution in [3.05, 3.63) is 61.1 Å². The SMILES string of the molecule is NNc1cc(Cn2cc([N+](=O)[O-])cc(Br)c2=O)ccn1. The Hall–Kier alpha value is -2.26. The number of nitrogen functional groups attached to an aromatic ring is 1. The van der Waals surface area contributed by atoms with E-state index in [1.807, 2.05) is 0 Å². The van der Waals surface area contributed by atoms with Crippen molar-refractivity contribution in [1.29, 1.82) is 0 Å². The first-order chi connectivity index (χ1) is 9.51. The molecule has 8 nitrogen and oxygen atoms in total. The molecule has 0 radical (unpaired) electrons. The van der Waals surface area contributed by atoms with Crippen LogP contribution in [-0.4, -0.2) is 14.5 Å². The van der Waals surface area contributed by atoms with Crippen LogP contribution in [0.3, 0.4) is 0 Å². The summed E-state index contributed by atoms with van der Waals surface area (Å²) in [7, 11) is 0. The van der Waals surface area contributed by atoms with Gasteiger partial charge in [0.15, 0.2) is 0 Å². The highest BCUT2D eigenvalue weighted by molar-refractivity contribution is 9.10. The lowest BCUT2D eigenvalue weighted by Gasteiger charge is -2.07. The predicted molar refractivity (Wildman–Crippen MR) is 76.2 cm³/mol. The lowest BCUT2D eigenvalue weighted by molar-refractivity contribution is -0.385. The Bertz CT molecular complexity index is 715. The fourth-order valence-electron chi connectivity index (χ4n) is 1.65. The summed E-state index contributed by atoms with van der Waals surface area (Å²) in [6.07, 6.45) is 2.73. The Morgan fingerprint density at radius 3 is 2.90 bits per heavy atom. The topological polar surface area (TPSA) is 116 Å². The van der Waals surface area contributed by atoms with E-state index in [-0.39, 0.29) is 22.3 Å². The summed E-state index contributed by atoms with van der Waals surface area (Å²) in [5, 5.41) is 10.8. The number of rotatable bonds is 4. The quantitative estimate of drug-likeness (QED) is 0.492. The number of hydrogen-bond acceptors (Lipinski definition) is 6. The number of hydrazine groups is 1. The smallest absolute Gasteiger partial charge is 0.286 e. The summed E-state index contributed by atoms with van der Waals surface area (Å²) < 4.78 is 1.38. The molecule has 0 unspecified atom stereocenters. The zero-order chi connectivity index (χ0) is 14.7. The second kappa shape index (κ2) is 5.80. The molecule has 104 valence electrons. The van der Waals surface area contributed by atoms with Gasteiger partial charge in [-0.3, -0.25) is 14.9 Å². The number of halogens is 1. The van der Waals surface area contributed by atoms with Gasteiger partial charge < -0.3 is 9.99 Å². The third-order valence-corrected chi connectivity index (χ3v) is 3.13. The molecule has 0 saturated carbocycles. The van der Waals surface area contributed by atoms with Gasteiger partial charge in [-0.25, -0.2) is 10.8 Å². The lowest BCUT2D eigenvalue weighted by atomic mass is 10.2. The van der Waals surface area contributed by atoms with Crippen LogP contribution in [0.4, 0.5) is 11.5 Å². The normalized spacial score (nSPS) is 10.3. The third-order valence-electron chi connectivity index (χ3n) is 2.56. The minimum atomic E-state index is -0.555. The maximum atomic E-state index is 11.9. The maximum absolute atomic E-state index is 11.9. The minimum Gasteiger partial charge on any atom is -0.308 e. The minimum absolute atomic E-state index is 0.137. The molecule has 3 N–H and O–H groups in total. The van der Waals surface area contributed by atoms with Crippen molar-refractivity contribution >= 4 is 27.4 Å². The molecule has 2 heterocycles. The zero-order valence-electron chi connectivity index (χ0n) is 10.1. The van der Waals surface area contributed by atoms with Crippen LogP contribution in [0.25, 0.3) is 0 Å². The van der Waals surface area contributed by atoms with Gasteiger partial charge in [-0.15, -0.1) is 0 Å². The summed E-state index contributed by atoms with van der Waals surface area (Å²) in [4.78, 5) is 26.1. The molecule has 0 atom stereocenters. The molecular formula is C11H10BrN5O3. The van der Waals surface area contributed by atoms with Gasteiger partial charge in [0, 0.05) is 12.3 Å². The molecule has 0 aliphatic heterocycles. The molecule has 0 aliphatic rings. The van der Waals surface area contributed by atoms with Crippen LogP contribution in [0.1, 0.15) is 5.56 Å². The van der Waals surface area contributed by atoms with E-state index in [0.717, 1.165) is 5.56 Å². The maximum Gasteiger partial charge on any atom is 0.286 e. The van der Waals surface area contributed by atoms with Gasteiger partial charge in [-0.2, -0.15) is 0 Å². The van der Waals surface area contributed by atoms with Gasteiger partial charge in [0.1, 0.15) is 5.82 Å². The van der Waals surface area contributed by atoms with Crippen LogP contribution in [0.15, 0.2) is 39.9 Å². The Morgan fingerprint density at radius 1 is 1.50 bits per heavy atom. The molecule has 2 aromatic heterocycles. The van der Waals surface area contributed by atoms with E-state index in [1.54, 1.807) is 12.1 Å². The number of hydrogen-bond donors (Lipinski definition) is 2. The standard InChI is InChI=1S/C11H10BrN5O3/c12-9-4-8(17(19)20)6-16(11(9)18)5-7-1-2-14-10(3-7)15-13/h1-4,6H,5,13H2,(H,14,15). The lowest BCUT2D eigenvalue weighted by Crippen LogP contribution is -2.21. The van der Waals surface area contributed by atoms with Crippen LogP contribution in [0.2, 0.25) is 0 Å². The second-order valence-corrected chi connectivity index (χ2v) is 4.78. The van der Waals surface area contributed by atoms with Crippen molar-refractivity contribution in [3.8, 4) is 0 Å². The first kappa shape index (κ1) is 14.2. The van der Waals surface area contributed by atoms with Crippen molar-refractivity contribution in [2.24, 2.45) is 5.84 Å². The summed E-state index contributed by atoms with van der Waals surface area (Å²) in [6, 6.07) is 4.53. The Balaban J connectivity index is 2.42. The van der Waals surface area contributed by atoms with Crippen LogP contribution >= 0.6 is 15.9 Å². The molecule has 0 saturated heterocycles. The van der Waals surface area contributed by atoms with Crippen molar-refractivity contribution in [1.82, 2.24) is 9.55 Å². The number of pyridine rings is 2. The third kappa shape index (κ3) is 3.00. The molecule has 9 heteroatoms. The average Bonchev–Trinajstić information content (AvgIpc) is 2.43. The van der Waals surface area contributed by atoms with E-state index < -0.39 is 4.92 Å². The van der Waals surface area contributed by atoms with Gasteiger partial charge >= 0.3 is 0 Å². The number of nitrogens with one attached hydrogen (secondary N) is 1. The summed E-state index contributed by atoms with van der Waals surface area (Å²) in [5.41, 5.74) is 2.61. The summed E-state index contributed by atoms with van der Waals surface area (Å²) >= 11 is 3.02. The highest BCUT2D eigenvalue weighted by atomic mass is 79.9. The van der Waals surface area contributed by atoms with E-state index in [0.29, 0.717) is 5.82 Å². The highest BCUT2D eigenvalue weighted by Crippen LogP contribution is 2.15. The van der Waals surface area contributed by atoms with Gasteiger partial charge in [0.05, 0.1) is 22.1 Å². The predicted octanol–water partition coefficient (Wildman–Crippen LogP) is 1.25. The largest absolute Gasteiger partial charge is 0.308 e. The van der Waals surface area contributed by atoms with Gasteiger partial charge in [-0.1, -0.05) is 0 Å². The van der Waals surface area contributed by atoms with E-state index in [4.69, 9.17) is 5.84 Å². The molecule has 0 aliphatic carbocycles. The van der Waals surface area contributed by atoms with Crippen LogP contribution < -0.4 is 16.8 Å². The molecule has 0 amide bonds.